The smallest absolute Gasteiger partial charge is 0.398 e. The number of nitrogens with one attached hydrogen (secondary N) is 1. The number of H-pyrrole nitrogens is 1. The molecule has 0 aromatic carbocycles. The molecule has 0 saturated carbocycles. The third kappa shape index (κ3) is 1.39. The summed E-state index contributed by atoms with van der Waals surface area (Å²) < 4.78 is 42.0. The summed E-state index contributed by atoms with van der Waals surface area (Å²) in [5.41, 5.74) is -1.04. The van der Waals surface area contributed by atoms with E-state index in [4.69, 9.17) is 14.8 Å². The van der Waals surface area contributed by atoms with Gasteiger partial charge in [0, 0.05) is 11.8 Å². The van der Waals surface area contributed by atoms with Crippen LogP contribution in [0.25, 0.3) is 0 Å². The fourth-order valence-corrected chi connectivity index (χ4v) is 1.27. The summed E-state index contributed by atoms with van der Waals surface area (Å²) in [5, 5.41) is 0. The second-order valence-corrected chi connectivity index (χ2v) is 4.45. The molecule has 14 heavy (non-hydrogen) atoms. The van der Waals surface area contributed by atoms with Gasteiger partial charge in [0.2, 0.25) is 0 Å². The van der Waals surface area contributed by atoms with E-state index in [0.717, 1.165) is 4.98 Å². The molecule has 4 heteroatoms. The molecule has 1 aromatic rings. The molecule has 1 aromatic heterocycles. The Morgan fingerprint density at radius 1 is 1.36 bits per heavy atom. The van der Waals surface area contributed by atoms with Crippen LogP contribution in [0.5, 0.6) is 0 Å². The molecular formula is C10H16BNO2. The lowest BCUT2D eigenvalue weighted by atomic mass is 9.85. The van der Waals surface area contributed by atoms with Gasteiger partial charge >= 0.3 is 7.12 Å². The number of aromatic amines is 1. The first-order valence-electron chi connectivity index (χ1n) is 6.56. The Bertz CT molecular complexity index is 459. The van der Waals surface area contributed by atoms with Crippen molar-refractivity contribution >= 4 is 12.7 Å². The third-order valence-corrected chi connectivity index (χ3v) is 2.90. The van der Waals surface area contributed by atoms with Gasteiger partial charge in [-0.15, -0.1) is 0 Å². The molecule has 0 spiro atoms. The molecule has 0 bridgehead atoms. The maximum absolute atomic E-state index is 7.77. The summed E-state index contributed by atoms with van der Waals surface area (Å²) in [5.74, 6) is 0. The zero-order valence-corrected chi connectivity index (χ0v) is 8.84. The van der Waals surface area contributed by atoms with Gasteiger partial charge in [-0.3, -0.25) is 0 Å². The second kappa shape index (κ2) is 2.88. The van der Waals surface area contributed by atoms with E-state index < -0.39 is 18.3 Å². The van der Waals surface area contributed by atoms with Crippen LogP contribution < -0.4 is 5.59 Å². The Hall–Kier alpha value is -0.735. The summed E-state index contributed by atoms with van der Waals surface area (Å²) in [6, 6.07) is -0.469. The normalized spacial score (nSPS) is 28.1. The molecular weight excluding hydrogens is 177 g/mol. The lowest BCUT2D eigenvalue weighted by Crippen LogP contribution is -2.41. The van der Waals surface area contributed by atoms with Crippen LogP contribution in [0, 0.1) is 0 Å². The summed E-state index contributed by atoms with van der Waals surface area (Å²) in [6.07, 6.45) is -0.329. The van der Waals surface area contributed by atoms with E-state index in [0.29, 0.717) is 0 Å². The molecule has 0 radical (unpaired) electrons. The predicted molar refractivity (Wildman–Crippen MR) is 56.5 cm³/mol. The Morgan fingerprint density at radius 3 is 2.36 bits per heavy atom. The minimum atomic E-state index is -0.886. The highest BCUT2D eigenvalue weighted by molar-refractivity contribution is 6.61. The van der Waals surface area contributed by atoms with Crippen molar-refractivity contribution in [2.75, 3.05) is 0 Å². The van der Waals surface area contributed by atoms with Crippen molar-refractivity contribution < 1.29 is 14.8 Å². The SMILES string of the molecule is [2H]c1c([2H])c(B2OC(C)(C)C(C)(C)O2)n([2H])c1[2H]. The molecule has 0 atom stereocenters. The summed E-state index contributed by atoms with van der Waals surface area (Å²) in [4.78, 5) is 0.729. The molecule has 0 amide bonds. The molecule has 0 unspecified atom stereocenters. The standard InChI is InChI=1S/C10H16BNO2/c1-9(2)10(3,4)14-11(13-9)8-6-5-7-12-8/h5-7,12H,1-4H3/i5D,6D,7D/hD. The summed E-state index contributed by atoms with van der Waals surface area (Å²) in [6.45, 7) is 7.49. The number of hydrogen-bond donors (Lipinski definition) is 1. The highest BCUT2D eigenvalue weighted by Gasteiger charge is 2.52. The van der Waals surface area contributed by atoms with Gasteiger partial charge in [0.1, 0.15) is 0 Å². The first-order valence-corrected chi connectivity index (χ1v) is 4.62. The maximum atomic E-state index is 7.77. The predicted octanol–water partition coefficient (Wildman–Crippen LogP) is 1.31. The maximum Gasteiger partial charge on any atom is 0.512 e. The van der Waals surface area contributed by atoms with Gasteiger partial charge in [-0.2, -0.15) is 0 Å². The lowest BCUT2D eigenvalue weighted by molar-refractivity contribution is 0.00578. The number of hydrogen-bond acceptors (Lipinski definition) is 2. The fraction of sp³-hybridized carbons (Fsp3) is 0.600. The second-order valence-electron chi connectivity index (χ2n) is 4.45. The quantitative estimate of drug-likeness (QED) is 0.689. The van der Waals surface area contributed by atoms with E-state index in [1.165, 1.54) is 0 Å². The van der Waals surface area contributed by atoms with E-state index in [9.17, 15) is 0 Å². The third-order valence-electron chi connectivity index (χ3n) is 2.90. The van der Waals surface area contributed by atoms with Crippen LogP contribution in [0.2, 0.25) is 1.41 Å². The van der Waals surface area contributed by atoms with Gasteiger partial charge in [-0.1, -0.05) is 0 Å². The van der Waals surface area contributed by atoms with Crippen molar-refractivity contribution in [3.8, 4) is 0 Å². The molecule has 2 heterocycles. The van der Waals surface area contributed by atoms with Crippen LogP contribution in [-0.2, 0) is 9.31 Å². The average molecular weight is 197 g/mol. The molecule has 76 valence electrons. The Morgan fingerprint density at radius 2 is 1.93 bits per heavy atom. The molecule has 1 fully saturated rings. The van der Waals surface area contributed by atoms with E-state index in [-0.39, 0.29) is 23.9 Å². The first kappa shape index (κ1) is 5.98. The molecule has 1 saturated heterocycles. The highest BCUT2D eigenvalue weighted by Crippen LogP contribution is 2.36. The van der Waals surface area contributed by atoms with Gasteiger partial charge in [-0.25, -0.2) is 0 Å². The Kier molecular flexibility index (Phi) is 1.23. The van der Waals surface area contributed by atoms with E-state index in [1.807, 2.05) is 27.7 Å². The van der Waals surface area contributed by atoms with Gasteiger partial charge < -0.3 is 14.3 Å². The first-order chi connectivity index (χ1) is 8.08. The van der Waals surface area contributed by atoms with Crippen LogP contribution in [0.15, 0.2) is 18.3 Å². The van der Waals surface area contributed by atoms with Crippen LogP contribution in [0.1, 0.15) is 31.8 Å². The van der Waals surface area contributed by atoms with Gasteiger partial charge in [0.25, 0.3) is 0 Å². The topological polar surface area (TPSA) is 34.2 Å². The van der Waals surface area contributed by atoms with Crippen molar-refractivity contribution in [3.05, 3.63) is 18.3 Å². The van der Waals surface area contributed by atoms with Crippen molar-refractivity contribution in [3.63, 3.8) is 0 Å². The van der Waals surface area contributed by atoms with Gasteiger partial charge in [-0.05, 0) is 39.8 Å². The van der Waals surface area contributed by atoms with E-state index in [2.05, 4.69) is 0 Å². The largest absolute Gasteiger partial charge is 0.512 e. The Labute approximate surface area is 90.6 Å². The van der Waals surface area contributed by atoms with Gasteiger partial charge in [0.05, 0.1) is 15.3 Å². The van der Waals surface area contributed by atoms with Crippen LogP contribution >= 0.6 is 0 Å². The molecule has 3 nitrogen and oxygen atoms in total. The van der Waals surface area contributed by atoms with E-state index in [1.54, 1.807) is 0 Å². The number of rotatable bonds is 1. The van der Waals surface area contributed by atoms with Crippen LogP contribution in [-0.4, -0.2) is 23.3 Å². The minimum Gasteiger partial charge on any atom is -0.398 e. The molecule has 1 aliphatic heterocycles. The summed E-state index contributed by atoms with van der Waals surface area (Å²) in [7, 11) is -0.886. The molecule has 0 aliphatic carbocycles. The van der Waals surface area contributed by atoms with Crippen LogP contribution in [0.4, 0.5) is 0 Å². The fourth-order valence-electron chi connectivity index (χ4n) is 1.27. The average Bonchev–Trinajstić information content (AvgIpc) is 2.55. The van der Waals surface area contributed by atoms with Crippen LogP contribution in [0.3, 0.4) is 0 Å². The zero-order valence-electron chi connectivity index (χ0n) is 12.8. The zero-order chi connectivity index (χ0) is 13.9. The van der Waals surface area contributed by atoms with Crippen molar-refractivity contribution in [1.82, 2.24) is 4.98 Å². The lowest BCUT2D eigenvalue weighted by Gasteiger charge is -2.32. The van der Waals surface area contributed by atoms with Crippen molar-refractivity contribution in [2.45, 2.75) is 38.9 Å². The highest BCUT2D eigenvalue weighted by atomic mass is 16.7. The monoisotopic (exact) mass is 197 g/mol. The number of aromatic nitrogens is 1. The van der Waals surface area contributed by atoms with Gasteiger partial charge in [0.15, 0.2) is 1.41 Å². The van der Waals surface area contributed by atoms with Crippen molar-refractivity contribution in [2.24, 2.45) is 0 Å². The van der Waals surface area contributed by atoms with E-state index >= 15 is 0 Å². The Balaban J connectivity index is 2.45. The molecule has 1 aliphatic rings. The molecule has 1 N–H and O–H groups in total. The molecule has 2 rings (SSSR count). The van der Waals surface area contributed by atoms with Crippen molar-refractivity contribution in [1.29, 1.82) is 0 Å². The minimum absolute atomic E-state index is 0.101. The summed E-state index contributed by atoms with van der Waals surface area (Å²) >= 11 is 0.